The highest BCUT2D eigenvalue weighted by Crippen LogP contribution is 1.99. The third kappa shape index (κ3) is 14.5. The molecule has 0 unspecified atom stereocenters. The van der Waals surface area contributed by atoms with E-state index in [1.807, 2.05) is 0 Å². The fraction of sp³-hybridized carbons (Fsp3) is 0.692. The van der Waals surface area contributed by atoms with E-state index in [1.54, 1.807) is 0 Å². The fourth-order valence-electron chi connectivity index (χ4n) is 1.30. The SMILES string of the molecule is C=CC(=O)NCCOCCOCCCCCC(=O)O. The second-order valence-corrected chi connectivity index (χ2v) is 3.92. The van der Waals surface area contributed by atoms with Gasteiger partial charge in [0.15, 0.2) is 0 Å². The van der Waals surface area contributed by atoms with Crippen molar-refractivity contribution in [2.45, 2.75) is 25.7 Å². The normalized spacial score (nSPS) is 10.1. The summed E-state index contributed by atoms with van der Waals surface area (Å²) in [6, 6.07) is 0. The summed E-state index contributed by atoms with van der Waals surface area (Å²) in [4.78, 5) is 21.0. The average molecular weight is 273 g/mol. The van der Waals surface area contributed by atoms with Crippen LogP contribution in [0.1, 0.15) is 25.7 Å². The van der Waals surface area contributed by atoms with Crippen molar-refractivity contribution >= 4 is 11.9 Å². The van der Waals surface area contributed by atoms with Gasteiger partial charge in [-0.25, -0.2) is 0 Å². The zero-order valence-electron chi connectivity index (χ0n) is 11.2. The molecule has 0 radical (unpaired) electrons. The third-order valence-electron chi connectivity index (χ3n) is 2.28. The zero-order valence-corrected chi connectivity index (χ0v) is 11.2. The molecule has 0 saturated heterocycles. The fourth-order valence-corrected chi connectivity index (χ4v) is 1.30. The predicted octanol–water partition coefficient (Wildman–Crippen LogP) is 0.967. The molecule has 0 fully saturated rings. The van der Waals surface area contributed by atoms with Gasteiger partial charge >= 0.3 is 5.97 Å². The summed E-state index contributed by atoms with van der Waals surface area (Å²) in [5, 5.41) is 11.0. The molecule has 0 atom stereocenters. The van der Waals surface area contributed by atoms with Crippen molar-refractivity contribution in [1.29, 1.82) is 0 Å². The lowest BCUT2D eigenvalue weighted by molar-refractivity contribution is -0.137. The second-order valence-electron chi connectivity index (χ2n) is 3.92. The number of amides is 1. The number of hydrogen-bond acceptors (Lipinski definition) is 4. The first-order chi connectivity index (χ1) is 9.16. The van der Waals surface area contributed by atoms with Gasteiger partial charge in [0.2, 0.25) is 5.91 Å². The Morgan fingerprint density at radius 2 is 1.74 bits per heavy atom. The molecular weight excluding hydrogens is 250 g/mol. The summed E-state index contributed by atoms with van der Waals surface area (Å²) in [5.41, 5.74) is 0. The summed E-state index contributed by atoms with van der Waals surface area (Å²) in [6.45, 7) is 5.85. The first kappa shape index (κ1) is 17.6. The molecule has 6 heteroatoms. The van der Waals surface area contributed by atoms with Crippen molar-refractivity contribution < 1.29 is 24.2 Å². The molecule has 0 aromatic carbocycles. The smallest absolute Gasteiger partial charge is 0.303 e. The molecule has 0 saturated carbocycles. The van der Waals surface area contributed by atoms with Gasteiger partial charge in [0.1, 0.15) is 0 Å². The van der Waals surface area contributed by atoms with E-state index in [2.05, 4.69) is 11.9 Å². The van der Waals surface area contributed by atoms with Gasteiger partial charge in [-0.15, -0.1) is 0 Å². The van der Waals surface area contributed by atoms with Gasteiger partial charge in [-0.2, -0.15) is 0 Å². The molecule has 0 heterocycles. The van der Waals surface area contributed by atoms with Crippen LogP contribution in [0.15, 0.2) is 12.7 Å². The molecule has 0 spiro atoms. The topological polar surface area (TPSA) is 84.9 Å². The lowest BCUT2D eigenvalue weighted by Crippen LogP contribution is -2.25. The van der Waals surface area contributed by atoms with Crippen LogP contribution in [0.5, 0.6) is 0 Å². The van der Waals surface area contributed by atoms with Crippen LogP contribution in [0.3, 0.4) is 0 Å². The maximum absolute atomic E-state index is 10.8. The first-order valence-electron chi connectivity index (χ1n) is 6.44. The monoisotopic (exact) mass is 273 g/mol. The number of aliphatic carboxylic acids is 1. The number of carbonyl (C=O) groups excluding carboxylic acids is 1. The van der Waals surface area contributed by atoms with Crippen LogP contribution in [0.4, 0.5) is 0 Å². The Bertz CT molecular complexity index is 268. The lowest BCUT2D eigenvalue weighted by atomic mass is 10.2. The Morgan fingerprint density at radius 3 is 2.37 bits per heavy atom. The number of carboxylic acid groups (broad SMARTS) is 1. The minimum Gasteiger partial charge on any atom is -0.481 e. The van der Waals surface area contributed by atoms with E-state index < -0.39 is 5.97 Å². The number of rotatable bonds is 13. The van der Waals surface area contributed by atoms with Crippen LogP contribution in [-0.2, 0) is 19.1 Å². The molecule has 0 aromatic rings. The van der Waals surface area contributed by atoms with Gasteiger partial charge in [-0.3, -0.25) is 9.59 Å². The Labute approximate surface area is 113 Å². The van der Waals surface area contributed by atoms with Crippen LogP contribution in [-0.4, -0.2) is 50.0 Å². The molecule has 0 aliphatic rings. The number of nitrogens with one attached hydrogen (secondary N) is 1. The average Bonchev–Trinajstić information content (AvgIpc) is 2.39. The van der Waals surface area contributed by atoms with E-state index in [9.17, 15) is 9.59 Å². The van der Waals surface area contributed by atoms with E-state index in [0.717, 1.165) is 12.8 Å². The quantitative estimate of drug-likeness (QED) is 0.386. The molecule has 0 bridgehead atoms. The minimum absolute atomic E-state index is 0.207. The zero-order chi connectivity index (χ0) is 14.3. The Kier molecular flexibility index (Phi) is 12.1. The number of carboxylic acids is 1. The second kappa shape index (κ2) is 13.0. The van der Waals surface area contributed by atoms with Crippen LogP contribution in [0.2, 0.25) is 0 Å². The molecule has 19 heavy (non-hydrogen) atoms. The standard InChI is InChI=1S/C13H23NO5/c1-2-12(15)14-7-9-19-11-10-18-8-5-3-4-6-13(16)17/h2H,1,3-11H2,(H,14,15)(H,16,17). The van der Waals surface area contributed by atoms with Gasteiger partial charge in [-0.05, 0) is 18.9 Å². The highest BCUT2D eigenvalue weighted by molar-refractivity contribution is 5.86. The van der Waals surface area contributed by atoms with Crippen LogP contribution in [0.25, 0.3) is 0 Å². The van der Waals surface area contributed by atoms with Gasteiger partial charge < -0.3 is 19.9 Å². The Balaban J connectivity index is 3.05. The summed E-state index contributed by atoms with van der Waals surface area (Å²) < 4.78 is 10.5. The summed E-state index contributed by atoms with van der Waals surface area (Å²) in [5.74, 6) is -0.959. The van der Waals surface area contributed by atoms with Crippen LogP contribution >= 0.6 is 0 Å². The first-order valence-corrected chi connectivity index (χ1v) is 6.44. The van der Waals surface area contributed by atoms with Gasteiger partial charge in [-0.1, -0.05) is 13.0 Å². The summed E-state index contributed by atoms with van der Waals surface area (Å²) in [6.07, 6.45) is 3.86. The molecule has 2 N–H and O–H groups in total. The van der Waals surface area contributed by atoms with E-state index in [4.69, 9.17) is 14.6 Å². The Morgan fingerprint density at radius 1 is 1.05 bits per heavy atom. The molecule has 110 valence electrons. The van der Waals surface area contributed by atoms with Crippen LogP contribution in [0, 0.1) is 0 Å². The summed E-state index contributed by atoms with van der Waals surface area (Å²) in [7, 11) is 0. The van der Waals surface area contributed by atoms with Crippen molar-refractivity contribution in [3.8, 4) is 0 Å². The molecule has 1 amide bonds. The third-order valence-corrected chi connectivity index (χ3v) is 2.28. The maximum atomic E-state index is 10.8. The molecule has 0 rings (SSSR count). The van der Waals surface area contributed by atoms with Crippen molar-refractivity contribution in [1.82, 2.24) is 5.32 Å². The van der Waals surface area contributed by atoms with Crippen LogP contribution < -0.4 is 5.32 Å². The van der Waals surface area contributed by atoms with Crippen molar-refractivity contribution in [3.05, 3.63) is 12.7 Å². The van der Waals surface area contributed by atoms with Crippen molar-refractivity contribution in [2.75, 3.05) is 33.0 Å². The highest BCUT2D eigenvalue weighted by Gasteiger charge is 1.97. The number of hydrogen-bond donors (Lipinski definition) is 2. The van der Waals surface area contributed by atoms with E-state index >= 15 is 0 Å². The highest BCUT2D eigenvalue weighted by atomic mass is 16.5. The van der Waals surface area contributed by atoms with E-state index in [0.29, 0.717) is 39.4 Å². The minimum atomic E-state index is -0.752. The Hall–Kier alpha value is -1.40. The molecule has 0 aromatic heterocycles. The maximum Gasteiger partial charge on any atom is 0.303 e. The van der Waals surface area contributed by atoms with E-state index in [1.165, 1.54) is 6.08 Å². The van der Waals surface area contributed by atoms with Crippen molar-refractivity contribution in [3.63, 3.8) is 0 Å². The van der Waals surface area contributed by atoms with Gasteiger partial charge in [0.05, 0.1) is 19.8 Å². The van der Waals surface area contributed by atoms with Gasteiger partial charge in [0.25, 0.3) is 0 Å². The number of carbonyl (C=O) groups is 2. The number of ether oxygens (including phenoxy) is 2. The van der Waals surface area contributed by atoms with Crippen molar-refractivity contribution in [2.24, 2.45) is 0 Å². The number of unbranched alkanes of at least 4 members (excludes halogenated alkanes) is 2. The molecular formula is C13H23NO5. The molecule has 0 aliphatic heterocycles. The molecule has 6 nitrogen and oxygen atoms in total. The lowest BCUT2D eigenvalue weighted by Gasteiger charge is -2.06. The van der Waals surface area contributed by atoms with Gasteiger partial charge in [0, 0.05) is 19.6 Å². The largest absolute Gasteiger partial charge is 0.481 e. The predicted molar refractivity (Wildman–Crippen MR) is 70.9 cm³/mol. The van der Waals surface area contributed by atoms with E-state index in [-0.39, 0.29) is 12.3 Å². The molecule has 0 aliphatic carbocycles. The summed E-state index contributed by atoms with van der Waals surface area (Å²) >= 11 is 0.